The van der Waals surface area contributed by atoms with Gasteiger partial charge in [-0.25, -0.2) is 4.39 Å². The monoisotopic (exact) mass is 252 g/mol. The van der Waals surface area contributed by atoms with Gasteiger partial charge in [-0.05, 0) is 31.0 Å². The van der Waals surface area contributed by atoms with Gasteiger partial charge in [0.25, 0.3) is 0 Å². The number of halogens is 1. The molecule has 2 unspecified atom stereocenters. The van der Waals surface area contributed by atoms with Crippen LogP contribution in [-0.2, 0) is 9.53 Å². The summed E-state index contributed by atoms with van der Waals surface area (Å²) in [6.45, 7) is 2.55. The zero-order valence-electron chi connectivity index (χ0n) is 10.3. The first-order chi connectivity index (χ1) is 8.61. The van der Waals surface area contributed by atoms with Crippen molar-refractivity contribution in [3.05, 3.63) is 24.0 Å². The van der Waals surface area contributed by atoms with Gasteiger partial charge in [0, 0.05) is 12.3 Å². The molecule has 1 aliphatic rings. The number of nitrogens with one attached hydrogen (secondary N) is 1. The van der Waals surface area contributed by atoms with Crippen molar-refractivity contribution in [3.8, 4) is 0 Å². The van der Waals surface area contributed by atoms with E-state index in [9.17, 15) is 9.18 Å². The van der Waals surface area contributed by atoms with Gasteiger partial charge >= 0.3 is 0 Å². The molecule has 0 aromatic heterocycles. The molecule has 1 heterocycles. The van der Waals surface area contributed by atoms with Crippen molar-refractivity contribution in [2.24, 2.45) is 5.92 Å². The summed E-state index contributed by atoms with van der Waals surface area (Å²) in [5.74, 6) is -0.899. The number of rotatable bonds is 3. The van der Waals surface area contributed by atoms with Crippen LogP contribution in [0.3, 0.4) is 0 Å². The number of anilines is 2. The van der Waals surface area contributed by atoms with Crippen LogP contribution in [0.25, 0.3) is 0 Å². The maximum atomic E-state index is 13.5. The number of carbonyl (C=O) groups excluding carboxylic acids is 1. The Hall–Kier alpha value is -1.62. The van der Waals surface area contributed by atoms with E-state index in [-0.39, 0.29) is 23.6 Å². The number of hydrogen-bond donors (Lipinski definition) is 2. The molecule has 0 bridgehead atoms. The Morgan fingerprint density at radius 2 is 2.39 bits per heavy atom. The molecule has 1 aromatic rings. The quantitative estimate of drug-likeness (QED) is 0.810. The Kier molecular flexibility index (Phi) is 3.81. The van der Waals surface area contributed by atoms with Crippen molar-refractivity contribution in [2.45, 2.75) is 25.9 Å². The minimum Gasteiger partial charge on any atom is -0.399 e. The normalized spacial score (nSPS) is 23.0. The second-order valence-electron chi connectivity index (χ2n) is 4.44. The molecule has 3 N–H and O–H groups in total. The van der Waals surface area contributed by atoms with Crippen LogP contribution < -0.4 is 11.1 Å². The molecule has 0 radical (unpaired) electrons. The third kappa shape index (κ3) is 2.61. The summed E-state index contributed by atoms with van der Waals surface area (Å²) in [6, 6.07) is 4.12. The minimum absolute atomic E-state index is 0.0749. The van der Waals surface area contributed by atoms with Gasteiger partial charge in [0.05, 0.1) is 17.7 Å². The second-order valence-corrected chi connectivity index (χ2v) is 4.44. The molecule has 1 aliphatic heterocycles. The topological polar surface area (TPSA) is 64.3 Å². The van der Waals surface area contributed by atoms with E-state index in [2.05, 4.69) is 5.32 Å². The fraction of sp³-hybridized carbons (Fsp3) is 0.462. The summed E-state index contributed by atoms with van der Waals surface area (Å²) in [5.41, 5.74) is 6.11. The molecule has 1 amide bonds. The highest BCUT2D eigenvalue weighted by Gasteiger charge is 2.33. The predicted octanol–water partition coefficient (Wildman–Crippen LogP) is 2.16. The number of benzene rings is 1. The molecule has 0 aliphatic carbocycles. The van der Waals surface area contributed by atoms with Crippen molar-refractivity contribution in [1.82, 2.24) is 0 Å². The molecule has 0 spiro atoms. The molecule has 5 heteroatoms. The molecule has 2 rings (SSSR count). The molecule has 2 atom stereocenters. The largest absolute Gasteiger partial charge is 0.399 e. The molecule has 1 saturated heterocycles. The summed E-state index contributed by atoms with van der Waals surface area (Å²) in [6.07, 6.45) is 1.38. The predicted molar refractivity (Wildman–Crippen MR) is 67.6 cm³/mol. The van der Waals surface area contributed by atoms with E-state index in [1.54, 1.807) is 0 Å². The third-order valence-corrected chi connectivity index (χ3v) is 3.20. The maximum Gasteiger partial charge on any atom is 0.230 e. The Labute approximate surface area is 105 Å². The maximum absolute atomic E-state index is 13.5. The molecule has 18 heavy (non-hydrogen) atoms. The van der Waals surface area contributed by atoms with Crippen molar-refractivity contribution in [3.63, 3.8) is 0 Å². The highest BCUT2D eigenvalue weighted by Crippen LogP contribution is 2.26. The van der Waals surface area contributed by atoms with Crippen molar-refractivity contribution >= 4 is 17.3 Å². The lowest BCUT2D eigenvalue weighted by Crippen LogP contribution is -2.29. The molecular weight excluding hydrogens is 235 g/mol. The average molecular weight is 252 g/mol. The Bertz CT molecular complexity index is 451. The van der Waals surface area contributed by atoms with Crippen LogP contribution in [0, 0.1) is 11.7 Å². The molecular formula is C13H17FN2O2. The first-order valence-electron chi connectivity index (χ1n) is 6.09. The summed E-state index contributed by atoms with van der Waals surface area (Å²) < 4.78 is 18.9. The fourth-order valence-electron chi connectivity index (χ4n) is 2.21. The lowest BCUT2D eigenvalue weighted by molar-refractivity contribution is -0.121. The van der Waals surface area contributed by atoms with E-state index in [4.69, 9.17) is 10.5 Å². The van der Waals surface area contributed by atoms with E-state index in [1.807, 2.05) is 6.92 Å². The number of nitrogen functional groups attached to an aromatic ring is 1. The third-order valence-electron chi connectivity index (χ3n) is 3.20. The van der Waals surface area contributed by atoms with Crippen LogP contribution >= 0.6 is 0 Å². The van der Waals surface area contributed by atoms with E-state index in [1.165, 1.54) is 18.2 Å². The first kappa shape index (κ1) is 12.8. The van der Waals surface area contributed by atoms with E-state index >= 15 is 0 Å². The van der Waals surface area contributed by atoms with E-state index < -0.39 is 5.82 Å². The van der Waals surface area contributed by atoms with Gasteiger partial charge in [-0.1, -0.05) is 6.92 Å². The van der Waals surface area contributed by atoms with Crippen molar-refractivity contribution in [2.75, 3.05) is 17.7 Å². The van der Waals surface area contributed by atoms with Gasteiger partial charge in [0.15, 0.2) is 0 Å². The molecule has 0 saturated carbocycles. The van der Waals surface area contributed by atoms with Crippen LogP contribution in [0.1, 0.15) is 19.8 Å². The Morgan fingerprint density at radius 3 is 3.11 bits per heavy atom. The van der Waals surface area contributed by atoms with Crippen LogP contribution in [0.4, 0.5) is 15.8 Å². The Morgan fingerprint density at radius 1 is 1.61 bits per heavy atom. The SMILES string of the molecule is CCC1OCCC1C(=O)Nc1cc(N)ccc1F. The van der Waals surface area contributed by atoms with Crippen molar-refractivity contribution < 1.29 is 13.9 Å². The fourth-order valence-corrected chi connectivity index (χ4v) is 2.21. The first-order valence-corrected chi connectivity index (χ1v) is 6.09. The summed E-state index contributed by atoms with van der Waals surface area (Å²) in [7, 11) is 0. The van der Waals surface area contributed by atoms with Crippen molar-refractivity contribution in [1.29, 1.82) is 0 Å². The number of nitrogens with two attached hydrogens (primary N) is 1. The summed E-state index contributed by atoms with van der Waals surface area (Å²) in [4.78, 5) is 12.0. The Balaban J connectivity index is 2.09. The molecule has 1 aromatic carbocycles. The highest BCUT2D eigenvalue weighted by atomic mass is 19.1. The van der Waals surface area contributed by atoms with E-state index in [0.29, 0.717) is 18.7 Å². The molecule has 1 fully saturated rings. The zero-order valence-corrected chi connectivity index (χ0v) is 10.3. The average Bonchev–Trinajstić information content (AvgIpc) is 2.82. The summed E-state index contributed by atoms with van der Waals surface area (Å²) in [5, 5.41) is 2.58. The van der Waals surface area contributed by atoms with Gasteiger partial charge < -0.3 is 15.8 Å². The van der Waals surface area contributed by atoms with Crippen LogP contribution in [0.15, 0.2) is 18.2 Å². The summed E-state index contributed by atoms with van der Waals surface area (Å²) >= 11 is 0. The van der Waals surface area contributed by atoms with E-state index in [0.717, 1.165) is 6.42 Å². The van der Waals surface area contributed by atoms with Crippen LogP contribution in [0.5, 0.6) is 0 Å². The standard InChI is InChI=1S/C13H17FN2O2/c1-2-12-9(5-6-18-12)13(17)16-11-7-8(15)3-4-10(11)14/h3-4,7,9,12H,2,5-6,15H2,1H3,(H,16,17). The minimum atomic E-state index is -0.482. The molecule has 98 valence electrons. The van der Waals surface area contributed by atoms with Gasteiger partial charge in [-0.15, -0.1) is 0 Å². The number of carbonyl (C=O) groups is 1. The van der Waals surface area contributed by atoms with Crippen LogP contribution in [0.2, 0.25) is 0 Å². The zero-order chi connectivity index (χ0) is 13.1. The van der Waals surface area contributed by atoms with Crippen LogP contribution in [-0.4, -0.2) is 18.6 Å². The smallest absolute Gasteiger partial charge is 0.230 e. The van der Waals surface area contributed by atoms with Gasteiger partial charge in [0.2, 0.25) is 5.91 Å². The lowest BCUT2D eigenvalue weighted by atomic mass is 9.98. The second kappa shape index (κ2) is 5.35. The highest BCUT2D eigenvalue weighted by molar-refractivity contribution is 5.93. The van der Waals surface area contributed by atoms with Gasteiger partial charge in [0.1, 0.15) is 5.82 Å². The lowest BCUT2D eigenvalue weighted by Gasteiger charge is -2.16. The number of amides is 1. The number of ether oxygens (including phenoxy) is 1. The van der Waals surface area contributed by atoms with Gasteiger partial charge in [-0.3, -0.25) is 4.79 Å². The number of hydrogen-bond acceptors (Lipinski definition) is 3. The van der Waals surface area contributed by atoms with Gasteiger partial charge in [-0.2, -0.15) is 0 Å². The molecule has 4 nitrogen and oxygen atoms in total.